The Labute approximate surface area is 171 Å². The van der Waals surface area contributed by atoms with Crippen LogP contribution in [0.15, 0.2) is 36.7 Å². The van der Waals surface area contributed by atoms with E-state index in [9.17, 15) is 13.6 Å². The zero-order valence-electron chi connectivity index (χ0n) is 16.0. The summed E-state index contributed by atoms with van der Waals surface area (Å²) < 4.78 is 29.4. The average molecular weight is 417 g/mol. The summed E-state index contributed by atoms with van der Waals surface area (Å²) in [5.74, 6) is -1.37. The topological polar surface area (TPSA) is 51.0 Å². The van der Waals surface area contributed by atoms with Crippen molar-refractivity contribution in [3.8, 4) is 11.1 Å². The van der Waals surface area contributed by atoms with Crippen molar-refractivity contribution in [1.29, 1.82) is 0 Å². The second-order valence-corrected chi connectivity index (χ2v) is 7.68. The molecule has 29 heavy (non-hydrogen) atoms. The molecule has 1 amide bonds. The number of aryl methyl sites for hydroxylation is 1. The molecule has 0 N–H and O–H groups in total. The van der Waals surface area contributed by atoms with Gasteiger partial charge in [-0.2, -0.15) is 5.10 Å². The van der Waals surface area contributed by atoms with E-state index in [0.717, 1.165) is 23.0 Å². The largest absolute Gasteiger partial charge is 0.332 e. The Morgan fingerprint density at radius 2 is 2.03 bits per heavy atom. The number of aromatic nitrogens is 3. The molecule has 1 aliphatic heterocycles. The Bertz CT molecular complexity index is 1100. The number of pyridine rings is 1. The standard InChI is InChI=1S/C21H19ClF2N4O/c1-12-5-14(18(22)9-25-12)6-21(29)27-11-20-17(8-26-28(20)10-13(27)2)16-4-3-15(23)7-19(16)24/h3-5,7-9,13H,6,10-11H2,1-2H3. The first-order valence-electron chi connectivity index (χ1n) is 9.24. The summed E-state index contributed by atoms with van der Waals surface area (Å²) in [6.45, 7) is 4.57. The van der Waals surface area contributed by atoms with Crippen LogP contribution in [0.3, 0.4) is 0 Å². The van der Waals surface area contributed by atoms with E-state index in [1.165, 1.54) is 12.1 Å². The van der Waals surface area contributed by atoms with Crippen molar-refractivity contribution >= 4 is 17.5 Å². The number of fused-ring (bicyclic) bond motifs is 1. The molecule has 0 bridgehead atoms. The number of rotatable bonds is 3. The smallest absolute Gasteiger partial charge is 0.227 e. The molecule has 0 aliphatic carbocycles. The lowest BCUT2D eigenvalue weighted by atomic mass is 10.0. The molecule has 3 aromatic rings. The van der Waals surface area contributed by atoms with Crippen molar-refractivity contribution in [2.45, 2.75) is 39.4 Å². The number of hydrogen-bond acceptors (Lipinski definition) is 3. The molecule has 8 heteroatoms. The van der Waals surface area contributed by atoms with E-state index in [1.807, 2.05) is 13.8 Å². The van der Waals surface area contributed by atoms with Crippen LogP contribution in [0.5, 0.6) is 0 Å². The molecular formula is C21H19ClF2N4O. The number of carbonyl (C=O) groups is 1. The van der Waals surface area contributed by atoms with Gasteiger partial charge >= 0.3 is 0 Å². The lowest BCUT2D eigenvalue weighted by molar-refractivity contribution is -0.134. The van der Waals surface area contributed by atoms with E-state index in [-0.39, 0.29) is 30.5 Å². The Balaban J connectivity index is 1.63. The third kappa shape index (κ3) is 3.74. The van der Waals surface area contributed by atoms with Gasteiger partial charge in [0, 0.05) is 35.1 Å². The van der Waals surface area contributed by atoms with E-state index in [4.69, 9.17) is 11.6 Å². The first-order chi connectivity index (χ1) is 13.8. The van der Waals surface area contributed by atoms with Crippen LogP contribution >= 0.6 is 11.6 Å². The van der Waals surface area contributed by atoms with Crippen LogP contribution in [0.1, 0.15) is 23.9 Å². The highest BCUT2D eigenvalue weighted by Crippen LogP contribution is 2.31. The highest BCUT2D eigenvalue weighted by atomic mass is 35.5. The fraction of sp³-hybridized carbons (Fsp3) is 0.286. The van der Waals surface area contributed by atoms with Crippen LogP contribution in [0.4, 0.5) is 8.78 Å². The maximum absolute atomic E-state index is 14.3. The van der Waals surface area contributed by atoms with Crippen LogP contribution in [0.2, 0.25) is 5.02 Å². The molecule has 5 nitrogen and oxygen atoms in total. The molecule has 0 spiro atoms. The zero-order chi connectivity index (χ0) is 20.7. The third-order valence-electron chi connectivity index (χ3n) is 5.19. The normalized spacial score (nSPS) is 16.0. The van der Waals surface area contributed by atoms with Crippen molar-refractivity contribution in [3.05, 3.63) is 70.3 Å². The minimum Gasteiger partial charge on any atom is -0.332 e. The molecule has 1 aliphatic rings. The van der Waals surface area contributed by atoms with Gasteiger partial charge in [-0.1, -0.05) is 11.6 Å². The van der Waals surface area contributed by atoms with Gasteiger partial charge in [-0.05, 0) is 37.6 Å². The van der Waals surface area contributed by atoms with Gasteiger partial charge in [0.15, 0.2) is 0 Å². The first kappa shape index (κ1) is 19.5. The highest BCUT2D eigenvalue weighted by Gasteiger charge is 2.30. The van der Waals surface area contributed by atoms with E-state index in [1.54, 1.807) is 28.0 Å². The molecule has 1 atom stereocenters. The summed E-state index contributed by atoms with van der Waals surface area (Å²) in [7, 11) is 0. The monoisotopic (exact) mass is 416 g/mol. The van der Waals surface area contributed by atoms with E-state index in [2.05, 4.69) is 10.1 Å². The number of halogens is 3. The zero-order valence-corrected chi connectivity index (χ0v) is 16.7. The Hall–Kier alpha value is -2.80. The molecule has 0 radical (unpaired) electrons. The number of carbonyl (C=O) groups excluding carboxylic acids is 1. The Morgan fingerprint density at radius 3 is 2.79 bits per heavy atom. The van der Waals surface area contributed by atoms with E-state index >= 15 is 0 Å². The summed E-state index contributed by atoms with van der Waals surface area (Å²) in [5, 5.41) is 4.79. The van der Waals surface area contributed by atoms with Crippen LogP contribution in [0.25, 0.3) is 11.1 Å². The predicted octanol–water partition coefficient (Wildman–Crippen LogP) is 4.16. The summed E-state index contributed by atoms with van der Waals surface area (Å²) in [4.78, 5) is 18.9. The lowest BCUT2D eigenvalue weighted by Crippen LogP contribution is -2.45. The Morgan fingerprint density at radius 1 is 1.24 bits per heavy atom. The number of nitrogens with zero attached hydrogens (tertiary/aromatic N) is 4. The molecule has 150 valence electrons. The van der Waals surface area contributed by atoms with Gasteiger partial charge in [-0.25, -0.2) is 8.78 Å². The van der Waals surface area contributed by atoms with Crippen molar-refractivity contribution in [2.24, 2.45) is 0 Å². The maximum Gasteiger partial charge on any atom is 0.227 e. The van der Waals surface area contributed by atoms with Gasteiger partial charge in [-0.3, -0.25) is 14.5 Å². The number of hydrogen-bond donors (Lipinski definition) is 0. The molecule has 0 saturated carbocycles. The highest BCUT2D eigenvalue weighted by molar-refractivity contribution is 6.31. The SMILES string of the molecule is Cc1cc(CC(=O)N2Cc3c(-c4ccc(F)cc4F)cnn3CC2C)c(Cl)cn1. The van der Waals surface area contributed by atoms with Gasteiger partial charge < -0.3 is 4.90 Å². The van der Waals surface area contributed by atoms with Crippen molar-refractivity contribution < 1.29 is 13.6 Å². The fourth-order valence-corrected chi connectivity index (χ4v) is 3.84. The van der Waals surface area contributed by atoms with Crippen LogP contribution in [-0.2, 0) is 24.3 Å². The van der Waals surface area contributed by atoms with Gasteiger partial charge in [0.25, 0.3) is 0 Å². The lowest BCUT2D eigenvalue weighted by Gasteiger charge is -2.34. The van der Waals surface area contributed by atoms with Gasteiger partial charge in [0.05, 0.1) is 36.4 Å². The van der Waals surface area contributed by atoms with Crippen molar-refractivity contribution in [2.75, 3.05) is 0 Å². The predicted molar refractivity (Wildman–Crippen MR) is 105 cm³/mol. The second-order valence-electron chi connectivity index (χ2n) is 7.28. The molecule has 1 unspecified atom stereocenters. The quantitative estimate of drug-likeness (QED) is 0.644. The molecule has 4 rings (SSSR count). The molecular weight excluding hydrogens is 398 g/mol. The number of amides is 1. The van der Waals surface area contributed by atoms with E-state index < -0.39 is 11.6 Å². The molecule has 0 fully saturated rings. The van der Waals surface area contributed by atoms with E-state index in [0.29, 0.717) is 17.1 Å². The molecule has 3 heterocycles. The molecule has 1 aromatic carbocycles. The third-order valence-corrected chi connectivity index (χ3v) is 5.53. The summed E-state index contributed by atoms with van der Waals surface area (Å²) in [6.07, 6.45) is 3.26. The Kier molecular flexibility index (Phi) is 5.08. The van der Waals surface area contributed by atoms with Crippen molar-refractivity contribution in [1.82, 2.24) is 19.7 Å². The maximum atomic E-state index is 14.3. The summed E-state index contributed by atoms with van der Waals surface area (Å²) >= 11 is 6.20. The van der Waals surface area contributed by atoms with Gasteiger partial charge in [-0.15, -0.1) is 0 Å². The van der Waals surface area contributed by atoms with Crippen LogP contribution in [-0.4, -0.2) is 31.6 Å². The molecule has 2 aromatic heterocycles. The molecule has 0 saturated heterocycles. The minimum atomic E-state index is -0.656. The van der Waals surface area contributed by atoms with Gasteiger partial charge in [0.2, 0.25) is 5.91 Å². The van der Waals surface area contributed by atoms with Gasteiger partial charge in [0.1, 0.15) is 11.6 Å². The van der Waals surface area contributed by atoms with Crippen LogP contribution in [0, 0.1) is 18.6 Å². The average Bonchev–Trinajstić information content (AvgIpc) is 3.06. The first-order valence-corrected chi connectivity index (χ1v) is 9.62. The second kappa shape index (κ2) is 7.55. The van der Waals surface area contributed by atoms with Crippen molar-refractivity contribution in [3.63, 3.8) is 0 Å². The minimum absolute atomic E-state index is 0.0806. The fourth-order valence-electron chi connectivity index (χ4n) is 3.67. The summed E-state index contributed by atoms with van der Waals surface area (Å²) in [6, 6.07) is 5.18. The van der Waals surface area contributed by atoms with Crippen LogP contribution < -0.4 is 0 Å². The summed E-state index contributed by atoms with van der Waals surface area (Å²) in [5.41, 5.74) is 3.06. The number of benzene rings is 1.